The fourth-order valence-electron chi connectivity index (χ4n) is 0.925. The fourth-order valence-corrected chi connectivity index (χ4v) is 1.19. The van der Waals surface area contributed by atoms with Gasteiger partial charge in [0.1, 0.15) is 6.61 Å². The first-order valence-electron chi connectivity index (χ1n) is 4.35. The van der Waals surface area contributed by atoms with Gasteiger partial charge in [0, 0.05) is 16.8 Å². The Morgan fingerprint density at radius 1 is 1.43 bits per heavy atom. The molecule has 1 aromatic carbocycles. The molecule has 0 saturated carbocycles. The average molecular weight is 258 g/mol. The van der Waals surface area contributed by atoms with Crippen LogP contribution in [-0.2, 0) is 9.53 Å². The number of carbonyl (C=O) groups is 1. The smallest absolute Gasteiger partial charge is 0.250 e. The maximum atomic E-state index is 11.2. The predicted octanol–water partition coefficient (Wildman–Crippen LogP) is 2.42. The summed E-state index contributed by atoms with van der Waals surface area (Å²) in [6.07, 6.45) is 0. The highest BCUT2D eigenvalue weighted by Crippen LogP contribution is 2.13. The van der Waals surface area contributed by atoms with E-state index in [1.165, 1.54) is 0 Å². The molecule has 0 aliphatic rings. The van der Waals surface area contributed by atoms with Gasteiger partial charge >= 0.3 is 0 Å². The van der Waals surface area contributed by atoms with Gasteiger partial charge in [-0.3, -0.25) is 4.79 Å². The Balaban J connectivity index is 2.44. The summed E-state index contributed by atoms with van der Waals surface area (Å²) in [5, 5.41) is 2.72. The third-order valence-corrected chi connectivity index (χ3v) is 2.09. The van der Waals surface area contributed by atoms with Gasteiger partial charge in [-0.2, -0.15) is 0 Å². The van der Waals surface area contributed by atoms with Crippen LogP contribution in [0.2, 0.25) is 0 Å². The second kappa shape index (κ2) is 5.78. The van der Waals surface area contributed by atoms with Crippen molar-refractivity contribution in [1.29, 1.82) is 0 Å². The quantitative estimate of drug-likeness (QED) is 0.900. The molecule has 0 radical (unpaired) electrons. The Labute approximate surface area is 91.6 Å². The highest BCUT2D eigenvalue weighted by molar-refractivity contribution is 9.10. The number of halogens is 1. The van der Waals surface area contributed by atoms with E-state index in [0.29, 0.717) is 6.61 Å². The van der Waals surface area contributed by atoms with Crippen molar-refractivity contribution >= 4 is 27.5 Å². The number of rotatable bonds is 4. The summed E-state index contributed by atoms with van der Waals surface area (Å²) >= 11 is 3.32. The second-order valence-corrected chi connectivity index (χ2v) is 3.61. The Morgan fingerprint density at radius 3 is 2.64 bits per heavy atom. The van der Waals surface area contributed by atoms with Crippen LogP contribution in [0.25, 0.3) is 0 Å². The first kappa shape index (κ1) is 11.2. The summed E-state index contributed by atoms with van der Waals surface area (Å²) in [4.78, 5) is 11.2. The summed E-state index contributed by atoms with van der Waals surface area (Å²) in [6, 6.07) is 7.40. The number of hydrogen-bond acceptors (Lipinski definition) is 2. The van der Waals surface area contributed by atoms with E-state index in [9.17, 15) is 4.79 Å². The molecule has 0 aromatic heterocycles. The van der Waals surface area contributed by atoms with Crippen molar-refractivity contribution in [3.63, 3.8) is 0 Å². The first-order valence-corrected chi connectivity index (χ1v) is 5.15. The van der Waals surface area contributed by atoms with Crippen LogP contribution in [0.5, 0.6) is 0 Å². The molecule has 1 N–H and O–H groups in total. The van der Waals surface area contributed by atoms with E-state index in [1.807, 2.05) is 31.2 Å². The van der Waals surface area contributed by atoms with Crippen molar-refractivity contribution in [3.05, 3.63) is 28.7 Å². The Hall–Kier alpha value is -0.870. The van der Waals surface area contributed by atoms with Gasteiger partial charge in [-0.15, -0.1) is 0 Å². The molecule has 0 heterocycles. The van der Waals surface area contributed by atoms with Crippen LogP contribution in [0.3, 0.4) is 0 Å². The topological polar surface area (TPSA) is 38.3 Å². The number of ether oxygens (including phenoxy) is 1. The monoisotopic (exact) mass is 257 g/mol. The third-order valence-electron chi connectivity index (χ3n) is 1.57. The molecule has 0 aliphatic heterocycles. The van der Waals surface area contributed by atoms with Gasteiger partial charge < -0.3 is 10.1 Å². The number of amides is 1. The summed E-state index contributed by atoms with van der Waals surface area (Å²) in [6.45, 7) is 2.51. The molecule has 0 aliphatic carbocycles. The van der Waals surface area contributed by atoms with E-state index in [2.05, 4.69) is 21.2 Å². The lowest BCUT2D eigenvalue weighted by Crippen LogP contribution is -2.17. The lowest BCUT2D eigenvalue weighted by atomic mass is 10.3. The second-order valence-electron chi connectivity index (χ2n) is 2.69. The van der Waals surface area contributed by atoms with Crippen molar-refractivity contribution < 1.29 is 9.53 Å². The van der Waals surface area contributed by atoms with E-state index < -0.39 is 0 Å². The molecule has 3 nitrogen and oxygen atoms in total. The van der Waals surface area contributed by atoms with Gasteiger partial charge in [-0.1, -0.05) is 15.9 Å². The lowest BCUT2D eigenvalue weighted by molar-refractivity contribution is -0.120. The van der Waals surface area contributed by atoms with Crippen LogP contribution in [0.1, 0.15) is 6.92 Å². The van der Waals surface area contributed by atoms with E-state index in [0.717, 1.165) is 10.2 Å². The van der Waals surface area contributed by atoms with Gasteiger partial charge in [0.2, 0.25) is 5.91 Å². The number of benzene rings is 1. The summed E-state index contributed by atoms with van der Waals surface area (Å²) in [5.41, 5.74) is 0.776. The summed E-state index contributed by atoms with van der Waals surface area (Å²) in [7, 11) is 0. The normalized spacial score (nSPS) is 9.86. The lowest BCUT2D eigenvalue weighted by Gasteiger charge is -2.04. The van der Waals surface area contributed by atoms with Gasteiger partial charge in [0.25, 0.3) is 0 Å². The molecule has 1 aromatic rings. The maximum absolute atomic E-state index is 11.2. The zero-order valence-corrected chi connectivity index (χ0v) is 9.50. The fraction of sp³-hybridized carbons (Fsp3) is 0.300. The van der Waals surface area contributed by atoms with Crippen LogP contribution in [0.4, 0.5) is 5.69 Å². The van der Waals surface area contributed by atoms with Crippen LogP contribution in [0.15, 0.2) is 28.7 Å². The van der Waals surface area contributed by atoms with Gasteiger partial charge in [-0.05, 0) is 31.2 Å². The standard InChI is InChI=1S/C10H12BrNO2/c1-2-14-7-10(13)12-9-5-3-8(11)4-6-9/h3-6H,2,7H2,1H3,(H,12,13). The molecule has 14 heavy (non-hydrogen) atoms. The number of hydrogen-bond donors (Lipinski definition) is 1. The number of anilines is 1. The third kappa shape index (κ3) is 3.89. The predicted molar refractivity (Wildman–Crippen MR) is 59.3 cm³/mol. The average Bonchev–Trinajstić information content (AvgIpc) is 2.18. The van der Waals surface area contributed by atoms with E-state index in [-0.39, 0.29) is 12.5 Å². The summed E-state index contributed by atoms with van der Waals surface area (Å²) < 4.78 is 5.96. The molecule has 0 saturated heterocycles. The Kier molecular flexibility index (Phi) is 4.62. The van der Waals surface area contributed by atoms with Crippen LogP contribution in [0, 0.1) is 0 Å². The van der Waals surface area contributed by atoms with Crippen LogP contribution >= 0.6 is 15.9 Å². The molecular weight excluding hydrogens is 246 g/mol. The minimum Gasteiger partial charge on any atom is -0.372 e. The molecular formula is C10H12BrNO2. The van der Waals surface area contributed by atoms with Crippen molar-refractivity contribution in [3.8, 4) is 0 Å². The van der Waals surface area contributed by atoms with Crippen molar-refractivity contribution in [2.45, 2.75) is 6.92 Å². The molecule has 0 unspecified atom stereocenters. The first-order chi connectivity index (χ1) is 6.72. The zero-order chi connectivity index (χ0) is 10.4. The van der Waals surface area contributed by atoms with E-state index >= 15 is 0 Å². The molecule has 0 fully saturated rings. The molecule has 4 heteroatoms. The molecule has 0 atom stereocenters. The highest BCUT2D eigenvalue weighted by atomic mass is 79.9. The van der Waals surface area contributed by atoms with Crippen molar-refractivity contribution in [2.24, 2.45) is 0 Å². The minimum absolute atomic E-state index is 0.104. The largest absolute Gasteiger partial charge is 0.372 e. The van der Waals surface area contributed by atoms with Crippen LogP contribution < -0.4 is 5.32 Å². The van der Waals surface area contributed by atoms with Gasteiger partial charge in [0.15, 0.2) is 0 Å². The Morgan fingerprint density at radius 2 is 2.07 bits per heavy atom. The minimum atomic E-state index is -0.130. The molecule has 1 amide bonds. The van der Waals surface area contributed by atoms with Gasteiger partial charge in [0.05, 0.1) is 0 Å². The Bertz CT molecular complexity index is 297. The van der Waals surface area contributed by atoms with E-state index in [4.69, 9.17) is 4.74 Å². The SMILES string of the molecule is CCOCC(=O)Nc1ccc(Br)cc1. The number of nitrogens with one attached hydrogen (secondary N) is 1. The molecule has 0 spiro atoms. The van der Waals surface area contributed by atoms with E-state index in [1.54, 1.807) is 0 Å². The van der Waals surface area contributed by atoms with Crippen molar-refractivity contribution in [1.82, 2.24) is 0 Å². The molecule has 76 valence electrons. The molecule has 1 rings (SSSR count). The highest BCUT2D eigenvalue weighted by Gasteiger charge is 2.00. The molecule has 0 bridgehead atoms. The van der Waals surface area contributed by atoms with Crippen LogP contribution in [-0.4, -0.2) is 19.1 Å². The zero-order valence-electron chi connectivity index (χ0n) is 7.92. The van der Waals surface area contributed by atoms with Crippen molar-refractivity contribution in [2.75, 3.05) is 18.5 Å². The number of carbonyl (C=O) groups excluding carboxylic acids is 1. The summed E-state index contributed by atoms with van der Waals surface area (Å²) in [5.74, 6) is -0.130. The van der Waals surface area contributed by atoms with Gasteiger partial charge in [-0.25, -0.2) is 0 Å². The maximum Gasteiger partial charge on any atom is 0.250 e.